The predicted octanol–water partition coefficient (Wildman–Crippen LogP) is 2.97. The van der Waals surface area contributed by atoms with Gasteiger partial charge in [-0.2, -0.15) is 0 Å². The topological polar surface area (TPSA) is 56.7 Å². The van der Waals surface area contributed by atoms with Crippen LogP contribution >= 0.6 is 0 Å². The minimum Gasteiger partial charge on any atom is -0.326 e. The smallest absolute Gasteiger partial charge is 0.141 e. The zero-order valence-electron chi connectivity index (χ0n) is 11.6. The molecule has 0 atom stereocenters. The Hall–Kier alpha value is -2.20. The molecule has 0 saturated heterocycles. The number of fused-ring (bicyclic) bond motifs is 1. The second-order valence-corrected chi connectivity index (χ2v) is 4.85. The Balaban J connectivity index is 2.22. The van der Waals surface area contributed by atoms with Crippen molar-refractivity contribution in [2.24, 2.45) is 5.73 Å². The molecule has 0 bridgehead atoms. The van der Waals surface area contributed by atoms with E-state index in [1.807, 2.05) is 12.1 Å². The standard InChI is InChI=1S/C16H18N4/c1-2-9-20-15-4-3-12(11-17)10-14(15)19-16(20)13-5-7-18-8-6-13/h3-8,10H,2,9,11,17H2,1H3. The summed E-state index contributed by atoms with van der Waals surface area (Å²) in [6.45, 7) is 3.67. The third-order valence-electron chi connectivity index (χ3n) is 3.43. The summed E-state index contributed by atoms with van der Waals surface area (Å²) in [5.74, 6) is 0.999. The number of aromatic nitrogens is 3. The minimum atomic E-state index is 0.543. The number of nitrogens with zero attached hydrogens (tertiary/aromatic N) is 3. The average Bonchev–Trinajstić information content (AvgIpc) is 2.86. The van der Waals surface area contributed by atoms with Crippen LogP contribution in [-0.2, 0) is 13.1 Å². The molecule has 2 N–H and O–H groups in total. The summed E-state index contributed by atoms with van der Waals surface area (Å²) in [6, 6.07) is 10.3. The number of rotatable bonds is 4. The van der Waals surface area contributed by atoms with Crippen molar-refractivity contribution in [1.29, 1.82) is 0 Å². The quantitative estimate of drug-likeness (QED) is 0.789. The molecule has 1 aromatic carbocycles. The fourth-order valence-corrected chi connectivity index (χ4v) is 2.47. The second-order valence-electron chi connectivity index (χ2n) is 4.85. The fraction of sp³-hybridized carbons (Fsp3) is 0.250. The minimum absolute atomic E-state index is 0.543. The average molecular weight is 266 g/mol. The van der Waals surface area contributed by atoms with Crippen LogP contribution in [0.5, 0.6) is 0 Å². The van der Waals surface area contributed by atoms with Crippen molar-refractivity contribution in [1.82, 2.24) is 14.5 Å². The first kappa shape index (κ1) is 12.8. The highest BCUT2D eigenvalue weighted by Crippen LogP contribution is 2.25. The van der Waals surface area contributed by atoms with E-state index in [1.165, 1.54) is 0 Å². The van der Waals surface area contributed by atoms with Gasteiger partial charge in [-0.05, 0) is 36.2 Å². The molecule has 20 heavy (non-hydrogen) atoms. The summed E-state index contributed by atoms with van der Waals surface area (Å²) in [5.41, 5.74) is 10.1. The highest BCUT2D eigenvalue weighted by Gasteiger charge is 2.12. The van der Waals surface area contributed by atoms with Crippen molar-refractivity contribution >= 4 is 11.0 Å². The van der Waals surface area contributed by atoms with Crippen LogP contribution in [0.1, 0.15) is 18.9 Å². The predicted molar refractivity (Wildman–Crippen MR) is 81.1 cm³/mol. The first-order valence-corrected chi connectivity index (χ1v) is 6.93. The molecule has 0 fully saturated rings. The van der Waals surface area contributed by atoms with E-state index in [0.29, 0.717) is 6.54 Å². The van der Waals surface area contributed by atoms with Gasteiger partial charge in [-0.1, -0.05) is 13.0 Å². The SMILES string of the molecule is CCCn1c(-c2ccncc2)nc2cc(CN)ccc21. The van der Waals surface area contributed by atoms with Crippen LogP contribution in [-0.4, -0.2) is 14.5 Å². The first-order chi connectivity index (χ1) is 9.83. The molecule has 3 aromatic rings. The molecular weight excluding hydrogens is 248 g/mol. The molecule has 0 saturated carbocycles. The first-order valence-electron chi connectivity index (χ1n) is 6.93. The normalized spacial score (nSPS) is 11.1. The molecule has 102 valence electrons. The maximum absolute atomic E-state index is 5.71. The van der Waals surface area contributed by atoms with Crippen LogP contribution in [0.4, 0.5) is 0 Å². The Morgan fingerprint density at radius 3 is 2.65 bits per heavy atom. The molecule has 0 spiro atoms. The van der Waals surface area contributed by atoms with Crippen LogP contribution in [0.15, 0.2) is 42.7 Å². The van der Waals surface area contributed by atoms with Gasteiger partial charge in [-0.15, -0.1) is 0 Å². The van der Waals surface area contributed by atoms with Gasteiger partial charge in [0.15, 0.2) is 0 Å². The van der Waals surface area contributed by atoms with Crippen molar-refractivity contribution in [3.05, 3.63) is 48.3 Å². The van der Waals surface area contributed by atoms with Gasteiger partial charge in [0.2, 0.25) is 0 Å². The zero-order valence-corrected chi connectivity index (χ0v) is 11.6. The van der Waals surface area contributed by atoms with E-state index in [0.717, 1.165) is 41.0 Å². The number of imidazole rings is 1. The van der Waals surface area contributed by atoms with Crippen LogP contribution in [0.2, 0.25) is 0 Å². The fourth-order valence-electron chi connectivity index (χ4n) is 2.47. The largest absolute Gasteiger partial charge is 0.326 e. The van der Waals surface area contributed by atoms with Gasteiger partial charge in [-0.25, -0.2) is 4.98 Å². The lowest BCUT2D eigenvalue weighted by atomic mass is 10.2. The number of nitrogens with two attached hydrogens (primary N) is 1. The van der Waals surface area contributed by atoms with Crippen molar-refractivity contribution in [3.63, 3.8) is 0 Å². The number of hydrogen-bond donors (Lipinski definition) is 1. The van der Waals surface area contributed by atoms with Crippen LogP contribution in [0.25, 0.3) is 22.4 Å². The van der Waals surface area contributed by atoms with Gasteiger partial charge in [0.1, 0.15) is 5.82 Å². The monoisotopic (exact) mass is 266 g/mol. The molecule has 2 aromatic heterocycles. The molecular formula is C16H18N4. The van der Waals surface area contributed by atoms with Crippen molar-refractivity contribution in [2.75, 3.05) is 0 Å². The molecule has 4 nitrogen and oxygen atoms in total. The zero-order chi connectivity index (χ0) is 13.9. The molecule has 3 rings (SSSR count). The van der Waals surface area contributed by atoms with E-state index in [4.69, 9.17) is 10.7 Å². The lowest BCUT2D eigenvalue weighted by Crippen LogP contribution is -2.00. The second kappa shape index (κ2) is 5.43. The number of pyridine rings is 1. The van der Waals surface area contributed by atoms with Crippen molar-refractivity contribution in [3.8, 4) is 11.4 Å². The lowest BCUT2D eigenvalue weighted by molar-refractivity contribution is 0.704. The maximum Gasteiger partial charge on any atom is 0.141 e. The summed E-state index contributed by atoms with van der Waals surface area (Å²) >= 11 is 0. The summed E-state index contributed by atoms with van der Waals surface area (Å²) in [7, 11) is 0. The van der Waals surface area contributed by atoms with Crippen LogP contribution in [0.3, 0.4) is 0 Å². The summed E-state index contributed by atoms with van der Waals surface area (Å²) in [6.07, 6.45) is 4.68. The van der Waals surface area contributed by atoms with E-state index in [9.17, 15) is 0 Å². The number of benzene rings is 1. The van der Waals surface area contributed by atoms with E-state index in [1.54, 1.807) is 12.4 Å². The van der Waals surface area contributed by atoms with Crippen LogP contribution < -0.4 is 5.73 Å². The Morgan fingerprint density at radius 2 is 1.95 bits per heavy atom. The van der Waals surface area contributed by atoms with Crippen molar-refractivity contribution in [2.45, 2.75) is 26.4 Å². The molecule has 0 aliphatic heterocycles. The third kappa shape index (κ3) is 2.18. The van der Waals surface area contributed by atoms with Crippen LogP contribution in [0, 0.1) is 0 Å². The van der Waals surface area contributed by atoms with Crippen molar-refractivity contribution < 1.29 is 0 Å². The van der Waals surface area contributed by atoms with E-state index in [-0.39, 0.29) is 0 Å². The van der Waals surface area contributed by atoms with E-state index in [2.05, 4.69) is 34.7 Å². The summed E-state index contributed by atoms with van der Waals surface area (Å²) < 4.78 is 2.27. The Labute approximate surface area is 118 Å². The molecule has 0 amide bonds. The molecule has 0 unspecified atom stereocenters. The molecule has 4 heteroatoms. The summed E-state index contributed by atoms with van der Waals surface area (Å²) in [4.78, 5) is 8.86. The molecule has 0 aliphatic rings. The highest BCUT2D eigenvalue weighted by molar-refractivity contribution is 5.81. The highest BCUT2D eigenvalue weighted by atomic mass is 15.1. The van der Waals surface area contributed by atoms with Gasteiger partial charge < -0.3 is 10.3 Å². The number of hydrogen-bond acceptors (Lipinski definition) is 3. The molecule has 0 aliphatic carbocycles. The summed E-state index contributed by atoms with van der Waals surface area (Å²) in [5, 5.41) is 0. The third-order valence-corrected chi connectivity index (χ3v) is 3.43. The van der Waals surface area contributed by atoms with Gasteiger partial charge in [0, 0.05) is 31.0 Å². The van der Waals surface area contributed by atoms with Gasteiger partial charge in [0.05, 0.1) is 11.0 Å². The molecule has 2 heterocycles. The molecule has 0 radical (unpaired) electrons. The Kier molecular flexibility index (Phi) is 3.48. The van der Waals surface area contributed by atoms with E-state index < -0.39 is 0 Å². The maximum atomic E-state index is 5.71. The Bertz CT molecular complexity index is 716. The Morgan fingerprint density at radius 1 is 1.15 bits per heavy atom. The number of aryl methyl sites for hydroxylation is 1. The van der Waals surface area contributed by atoms with E-state index >= 15 is 0 Å². The van der Waals surface area contributed by atoms with Gasteiger partial charge in [0.25, 0.3) is 0 Å². The van der Waals surface area contributed by atoms with Gasteiger partial charge in [-0.3, -0.25) is 4.98 Å². The van der Waals surface area contributed by atoms with Gasteiger partial charge >= 0.3 is 0 Å². The lowest BCUT2D eigenvalue weighted by Gasteiger charge is -2.07.